The van der Waals surface area contributed by atoms with Crippen molar-refractivity contribution < 1.29 is 14.3 Å². The highest BCUT2D eigenvalue weighted by Crippen LogP contribution is 2.35. The molecule has 0 radical (unpaired) electrons. The number of anilines is 3. The van der Waals surface area contributed by atoms with Crippen molar-refractivity contribution in [3.05, 3.63) is 48.0 Å². The van der Waals surface area contributed by atoms with E-state index in [1.54, 1.807) is 0 Å². The first-order valence-electron chi connectivity index (χ1n) is 10.5. The molecule has 30 heavy (non-hydrogen) atoms. The van der Waals surface area contributed by atoms with E-state index in [4.69, 9.17) is 4.74 Å². The summed E-state index contributed by atoms with van der Waals surface area (Å²) in [6.45, 7) is 5.74. The maximum Gasteiger partial charge on any atom is 0.225 e. The molecule has 2 aliphatic rings. The minimum absolute atomic E-state index is 0.0590. The summed E-state index contributed by atoms with van der Waals surface area (Å²) in [6.07, 6.45) is 1.39. The number of benzene rings is 2. The number of ether oxygens (including phenoxy) is 1. The van der Waals surface area contributed by atoms with Crippen molar-refractivity contribution in [2.24, 2.45) is 5.92 Å². The van der Waals surface area contributed by atoms with Crippen molar-refractivity contribution in [1.82, 2.24) is 10.6 Å². The fourth-order valence-corrected chi connectivity index (χ4v) is 3.85. The molecule has 0 saturated carbocycles. The summed E-state index contributed by atoms with van der Waals surface area (Å²) in [7, 11) is 0. The largest absolute Gasteiger partial charge is 0.489 e. The zero-order valence-corrected chi connectivity index (χ0v) is 17.2. The maximum absolute atomic E-state index is 12.1. The Labute approximate surface area is 176 Å². The first-order valence-corrected chi connectivity index (χ1v) is 10.5. The lowest BCUT2D eigenvalue weighted by Crippen LogP contribution is -2.33. The molecule has 0 bridgehead atoms. The van der Waals surface area contributed by atoms with Crippen molar-refractivity contribution in [2.75, 3.05) is 36.5 Å². The average molecular weight is 409 g/mol. The standard InChI is InChI=1S/C23H28N4O3/c1-2-9-27-10-11-30-21-13-19(7-8-20(21)27)26-18-5-3-16(4-6-18)14-25-23(29)17-12-22(28)24-15-17/h3-8,13,17,26H,2,9-12,14-15H2,1H3,(H,24,28)(H,25,29). The van der Waals surface area contributed by atoms with E-state index < -0.39 is 0 Å². The van der Waals surface area contributed by atoms with E-state index in [2.05, 4.69) is 39.9 Å². The van der Waals surface area contributed by atoms with Crippen LogP contribution in [0.4, 0.5) is 17.1 Å². The number of nitrogens with zero attached hydrogens (tertiary/aromatic N) is 1. The van der Waals surface area contributed by atoms with E-state index in [-0.39, 0.29) is 24.2 Å². The van der Waals surface area contributed by atoms with Crippen LogP contribution in [0.25, 0.3) is 0 Å². The number of amides is 2. The average Bonchev–Trinajstić information content (AvgIpc) is 3.20. The van der Waals surface area contributed by atoms with Gasteiger partial charge in [0.1, 0.15) is 12.4 Å². The van der Waals surface area contributed by atoms with Crippen molar-refractivity contribution >= 4 is 28.9 Å². The van der Waals surface area contributed by atoms with Gasteiger partial charge in [-0.15, -0.1) is 0 Å². The number of rotatable bonds is 7. The number of hydrogen-bond donors (Lipinski definition) is 3. The highest BCUT2D eigenvalue weighted by molar-refractivity contribution is 5.89. The van der Waals surface area contributed by atoms with Crippen molar-refractivity contribution in [1.29, 1.82) is 0 Å². The molecule has 1 saturated heterocycles. The third kappa shape index (κ3) is 4.67. The monoisotopic (exact) mass is 408 g/mol. The first-order chi connectivity index (χ1) is 14.6. The van der Waals surface area contributed by atoms with E-state index >= 15 is 0 Å². The second-order valence-corrected chi connectivity index (χ2v) is 7.76. The minimum Gasteiger partial charge on any atom is -0.489 e. The third-order valence-electron chi connectivity index (χ3n) is 5.47. The van der Waals surface area contributed by atoms with Crippen LogP contribution in [0.15, 0.2) is 42.5 Å². The highest BCUT2D eigenvalue weighted by atomic mass is 16.5. The molecule has 1 fully saturated rings. The molecule has 0 aromatic heterocycles. The Morgan fingerprint density at radius 1 is 1.20 bits per heavy atom. The predicted molar refractivity (Wildman–Crippen MR) is 117 cm³/mol. The van der Waals surface area contributed by atoms with Gasteiger partial charge in [0.05, 0.1) is 18.2 Å². The molecule has 7 nitrogen and oxygen atoms in total. The summed E-state index contributed by atoms with van der Waals surface area (Å²) < 4.78 is 5.85. The molecule has 7 heteroatoms. The lowest BCUT2D eigenvalue weighted by atomic mass is 10.1. The Hall–Kier alpha value is -3.22. The molecular formula is C23H28N4O3. The van der Waals surface area contributed by atoms with Crippen LogP contribution in [-0.4, -0.2) is 38.1 Å². The summed E-state index contributed by atoms with van der Waals surface area (Å²) in [5, 5.41) is 9.00. The van der Waals surface area contributed by atoms with Crippen LogP contribution in [0, 0.1) is 5.92 Å². The Morgan fingerprint density at radius 2 is 2.00 bits per heavy atom. The molecule has 2 aromatic carbocycles. The van der Waals surface area contributed by atoms with Gasteiger partial charge < -0.3 is 25.6 Å². The SMILES string of the molecule is CCCN1CCOc2cc(Nc3ccc(CNC(=O)C4CNC(=O)C4)cc3)ccc21. The predicted octanol–water partition coefficient (Wildman–Crippen LogP) is 2.79. The van der Waals surface area contributed by atoms with Gasteiger partial charge in [0.2, 0.25) is 11.8 Å². The summed E-state index contributed by atoms with van der Waals surface area (Å²) in [6, 6.07) is 14.2. The summed E-state index contributed by atoms with van der Waals surface area (Å²) in [4.78, 5) is 25.7. The molecule has 158 valence electrons. The highest BCUT2D eigenvalue weighted by Gasteiger charge is 2.27. The van der Waals surface area contributed by atoms with Gasteiger partial charge in [-0.3, -0.25) is 9.59 Å². The zero-order valence-electron chi connectivity index (χ0n) is 17.2. The van der Waals surface area contributed by atoms with E-state index in [1.807, 2.05) is 30.3 Å². The van der Waals surface area contributed by atoms with Crippen LogP contribution in [0.3, 0.4) is 0 Å². The van der Waals surface area contributed by atoms with Gasteiger partial charge >= 0.3 is 0 Å². The van der Waals surface area contributed by atoms with Gasteiger partial charge in [-0.25, -0.2) is 0 Å². The summed E-state index contributed by atoms with van der Waals surface area (Å²) >= 11 is 0. The van der Waals surface area contributed by atoms with E-state index in [9.17, 15) is 9.59 Å². The van der Waals surface area contributed by atoms with E-state index in [1.165, 1.54) is 0 Å². The molecule has 4 rings (SSSR count). The van der Waals surface area contributed by atoms with E-state index in [0.29, 0.717) is 19.7 Å². The van der Waals surface area contributed by atoms with Gasteiger partial charge in [0.25, 0.3) is 0 Å². The number of fused-ring (bicyclic) bond motifs is 1. The third-order valence-corrected chi connectivity index (χ3v) is 5.47. The Kier molecular flexibility index (Phi) is 6.07. The van der Waals surface area contributed by atoms with Gasteiger partial charge in [0.15, 0.2) is 0 Å². The van der Waals surface area contributed by atoms with Crippen LogP contribution < -0.4 is 25.6 Å². The van der Waals surface area contributed by atoms with Crippen LogP contribution in [0.1, 0.15) is 25.3 Å². The number of carbonyl (C=O) groups excluding carboxylic acids is 2. The van der Waals surface area contributed by atoms with Gasteiger partial charge in [0, 0.05) is 43.5 Å². The Morgan fingerprint density at radius 3 is 2.73 bits per heavy atom. The molecule has 2 amide bonds. The smallest absolute Gasteiger partial charge is 0.225 e. The van der Waals surface area contributed by atoms with Crippen LogP contribution in [0.5, 0.6) is 5.75 Å². The summed E-state index contributed by atoms with van der Waals surface area (Å²) in [5.74, 6) is 0.509. The molecule has 1 unspecified atom stereocenters. The lowest BCUT2D eigenvalue weighted by Gasteiger charge is -2.31. The van der Waals surface area contributed by atoms with Crippen LogP contribution >= 0.6 is 0 Å². The fourth-order valence-electron chi connectivity index (χ4n) is 3.85. The zero-order chi connectivity index (χ0) is 20.9. The minimum atomic E-state index is -0.266. The fraction of sp³-hybridized carbons (Fsp3) is 0.391. The second-order valence-electron chi connectivity index (χ2n) is 7.76. The number of hydrogen-bond acceptors (Lipinski definition) is 5. The lowest BCUT2D eigenvalue weighted by molar-refractivity contribution is -0.126. The molecule has 1 atom stereocenters. The molecule has 0 spiro atoms. The molecule has 3 N–H and O–H groups in total. The molecule has 0 aliphatic carbocycles. The number of nitrogens with one attached hydrogen (secondary N) is 3. The maximum atomic E-state index is 12.1. The molecule has 2 aliphatic heterocycles. The van der Waals surface area contributed by atoms with Crippen molar-refractivity contribution in [3.8, 4) is 5.75 Å². The molecular weight excluding hydrogens is 380 g/mol. The van der Waals surface area contributed by atoms with Gasteiger partial charge in [-0.05, 0) is 36.2 Å². The molecule has 2 heterocycles. The Bertz CT molecular complexity index is 913. The van der Waals surface area contributed by atoms with Gasteiger partial charge in [-0.2, -0.15) is 0 Å². The van der Waals surface area contributed by atoms with E-state index in [0.717, 1.165) is 47.9 Å². The first kappa shape index (κ1) is 20.1. The number of carbonyl (C=O) groups is 2. The van der Waals surface area contributed by atoms with Crippen molar-refractivity contribution in [2.45, 2.75) is 26.3 Å². The molecule has 2 aromatic rings. The van der Waals surface area contributed by atoms with Crippen LogP contribution in [-0.2, 0) is 16.1 Å². The Balaban J connectivity index is 1.33. The van der Waals surface area contributed by atoms with Crippen molar-refractivity contribution in [3.63, 3.8) is 0 Å². The normalized spacial score (nSPS) is 17.7. The topological polar surface area (TPSA) is 82.7 Å². The second kappa shape index (κ2) is 9.07. The van der Waals surface area contributed by atoms with Gasteiger partial charge in [-0.1, -0.05) is 19.1 Å². The quantitative estimate of drug-likeness (QED) is 0.656. The van der Waals surface area contributed by atoms with Crippen LogP contribution in [0.2, 0.25) is 0 Å². The summed E-state index contributed by atoms with van der Waals surface area (Å²) in [5.41, 5.74) is 4.11.